The molecule has 0 aliphatic heterocycles. The molecule has 0 bridgehead atoms. The lowest BCUT2D eigenvalue weighted by Crippen LogP contribution is -2.10. The number of aromatic nitrogens is 6. The lowest BCUT2D eigenvalue weighted by Gasteiger charge is -2.10. The van der Waals surface area contributed by atoms with Gasteiger partial charge in [0, 0.05) is 18.3 Å². The van der Waals surface area contributed by atoms with E-state index in [1.807, 2.05) is 43.8 Å². The Morgan fingerprint density at radius 3 is 2.42 bits per heavy atom. The van der Waals surface area contributed by atoms with Gasteiger partial charge in [0.15, 0.2) is 0 Å². The standard InChI is InChI=1S/C21H21F3N6S/c1-13-10-14(2)30(27-13)15(3)20-26-25-19(31-20)11-18-8-9-29(28-18)12-16-4-6-17(7-5-16)21(22,23)24/h4-10,15H,11-12H2,1-3H3. The second-order valence-corrected chi connectivity index (χ2v) is 8.55. The second-order valence-electron chi connectivity index (χ2n) is 7.46. The maximum Gasteiger partial charge on any atom is 0.416 e. The summed E-state index contributed by atoms with van der Waals surface area (Å²) in [6.07, 6.45) is -1.97. The first-order valence-corrected chi connectivity index (χ1v) is 10.5. The third-order valence-electron chi connectivity index (χ3n) is 4.91. The molecule has 0 N–H and O–H groups in total. The molecule has 3 aromatic heterocycles. The molecule has 1 atom stereocenters. The fourth-order valence-electron chi connectivity index (χ4n) is 3.38. The lowest BCUT2D eigenvalue weighted by molar-refractivity contribution is -0.137. The van der Waals surface area contributed by atoms with Crippen molar-refractivity contribution in [3.05, 3.63) is 80.8 Å². The molecular weight excluding hydrogens is 425 g/mol. The highest BCUT2D eigenvalue weighted by atomic mass is 32.1. The van der Waals surface area contributed by atoms with Crippen LogP contribution in [0.4, 0.5) is 13.2 Å². The molecule has 0 aliphatic carbocycles. The maximum atomic E-state index is 12.7. The average Bonchev–Trinajstić information content (AvgIpc) is 3.42. The zero-order valence-corrected chi connectivity index (χ0v) is 18.1. The third kappa shape index (κ3) is 4.84. The van der Waals surface area contributed by atoms with Crippen molar-refractivity contribution in [2.24, 2.45) is 0 Å². The molecule has 0 fully saturated rings. The van der Waals surface area contributed by atoms with Gasteiger partial charge < -0.3 is 0 Å². The Labute approximate surface area is 181 Å². The molecule has 0 amide bonds. The van der Waals surface area contributed by atoms with Gasteiger partial charge in [-0.1, -0.05) is 23.5 Å². The molecule has 0 saturated carbocycles. The minimum absolute atomic E-state index is 0.00261. The summed E-state index contributed by atoms with van der Waals surface area (Å²) in [4.78, 5) is 0. The van der Waals surface area contributed by atoms with Crippen molar-refractivity contribution in [3.63, 3.8) is 0 Å². The van der Waals surface area contributed by atoms with Crippen LogP contribution >= 0.6 is 11.3 Å². The Bertz CT molecular complexity index is 1170. The van der Waals surface area contributed by atoms with E-state index in [4.69, 9.17) is 0 Å². The molecule has 31 heavy (non-hydrogen) atoms. The molecule has 6 nitrogen and oxygen atoms in total. The molecule has 0 radical (unpaired) electrons. The molecule has 4 rings (SSSR count). The van der Waals surface area contributed by atoms with E-state index in [0.29, 0.717) is 13.0 Å². The van der Waals surface area contributed by atoms with Gasteiger partial charge in [0.2, 0.25) is 0 Å². The predicted octanol–water partition coefficient (Wildman–Crippen LogP) is 4.82. The molecule has 162 valence electrons. The van der Waals surface area contributed by atoms with E-state index in [0.717, 1.165) is 44.8 Å². The van der Waals surface area contributed by atoms with E-state index < -0.39 is 11.7 Å². The van der Waals surface area contributed by atoms with Gasteiger partial charge in [-0.15, -0.1) is 10.2 Å². The predicted molar refractivity (Wildman–Crippen MR) is 111 cm³/mol. The van der Waals surface area contributed by atoms with Gasteiger partial charge >= 0.3 is 6.18 Å². The van der Waals surface area contributed by atoms with E-state index >= 15 is 0 Å². The highest BCUT2D eigenvalue weighted by Gasteiger charge is 2.29. The van der Waals surface area contributed by atoms with Crippen molar-refractivity contribution in [2.75, 3.05) is 0 Å². The van der Waals surface area contributed by atoms with Crippen LogP contribution in [0.25, 0.3) is 0 Å². The normalized spacial score (nSPS) is 13.0. The molecule has 3 heterocycles. The Morgan fingerprint density at radius 1 is 1.03 bits per heavy atom. The van der Waals surface area contributed by atoms with Crippen molar-refractivity contribution in [1.29, 1.82) is 0 Å². The second kappa shape index (κ2) is 8.26. The summed E-state index contributed by atoms with van der Waals surface area (Å²) in [5.74, 6) is 0. The fraction of sp³-hybridized carbons (Fsp3) is 0.333. The van der Waals surface area contributed by atoms with E-state index in [-0.39, 0.29) is 6.04 Å². The van der Waals surface area contributed by atoms with Crippen LogP contribution < -0.4 is 0 Å². The first kappa shape index (κ1) is 21.2. The summed E-state index contributed by atoms with van der Waals surface area (Å²) in [7, 11) is 0. The quantitative estimate of drug-likeness (QED) is 0.426. The summed E-state index contributed by atoms with van der Waals surface area (Å²) in [5, 5.41) is 19.4. The van der Waals surface area contributed by atoms with Crippen molar-refractivity contribution in [3.8, 4) is 0 Å². The van der Waals surface area contributed by atoms with Crippen LogP contribution in [-0.4, -0.2) is 29.8 Å². The van der Waals surface area contributed by atoms with Crippen molar-refractivity contribution in [2.45, 2.75) is 46.0 Å². The Kier molecular flexibility index (Phi) is 5.65. The van der Waals surface area contributed by atoms with E-state index in [9.17, 15) is 13.2 Å². The van der Waals surface area contributed by atoms with Gasteiger partial charge in [0.25, 0.3) is 0 Å². The van der Waals surface area contributed by atoms with Gasteiger partial charge in [0.05, 0.1) is 23.5 Å². The number of rotatable bonds is 6. The highest BCUT2D eigenvalue weighted by Crippen LogP contribution is 2.29. The molecule has 1 unspecified atom stereocenters. The topological polar surface area (TPSA) is 61.4 Å². The molecule has 1 aromatic carbocycles. The Balaban J connectivity index is 1.41. The van der Waals surface area contributed by atoms with Crippen LogP contribution in [0.3, 0.4) is 0 Å². The molecule has 10 heteroatoms. The molecule has 4 aromatic rings. The van der Waals surface area contributed by atoms with Crippen LogP contribution in [0, 0.1) is 13.8 Å². The van der Waals surface area contributed by atoms with Crippen LogP contribution in [-0.2, 0) is 19.1 Å². The highest BCUT2D eigenvalue weighted by molar-refractivity contribution is 7.11. The van der Waals surface area contributed by atoms with Crippen LogP contribution in [0.15, 0.2) is 42.6 Å². The minimum Gasteiger partial charge on any atom is -0.268 e. The van der Waals surface area contributed by atoms with E-state index in [1.54, 1.807) is 4.68 Å². The summed E-state index contributed by atoms with van der Waals surface area (Å²) < 4.78 is 41.7. The Hall–Kier alpha value is -3.01. The van der Waals surface area contributed by atoms with Crippen LogP contribution in [0.5, 0.6) is 0 Å². The number of halogens is 3. The van der Waals surface area contributed by atoms with E-state index in [1.165, 1.54) is 23.5 Å². The smallest absolute Gasteiger partial charge is 0.268 e. The average molecular weight is 447 g/mol. The number of nitrogens with zero attached hydrogens (tertiary/aromatic N) is 6. The Morgan fingerprint density at radius 2 is 1.77 bits per heavy atom. The monoisotopic (exact) mass is 446 g/mol. The SMILES string of the molecule is Cc1cc(C)n(C(C)c2nnc(Cc3ccn(Cc4ccc(C(F)(F)F)cc4)n3)s2)n1. The van der Waals surface area contributed by atoms with Gasteiger partial charge in [-0.05, 0) is 50.6 Å². The summed E-state index contributed by atoms with van der Waals surface area (Å²) >= 11 is 1.53. The lowest BCUT2D eigenvalue weighted by atomic mass is 10.1. The van der Waals surface area contributed by atoms with Gasteiger partial charge in [-0.25, -0.2) is 0 Å². The van der Waals surface area contributed by atoms with Gasteiger partial charge in [0.1, 0.15) is 16.1 Å². The number of hydrogen-bond donors (Lipinski definition) is 0. The number of hydrogen-bond acceptors (Lipinski definition) is 5. The number of aryl methyl sites for hydroxylation is 2. The first-order chi connectivity index (χ1) is 14.7. The zero-order chi connectivity index (χ0) is 22.2. The third-order valence-corrected chi connectivity index (χ3v) is 6.00. The molecule has 0 aliphatic rings. The number of benzene rings is 1. The summed E-state index contributed by atoms with van der Waals surface area (Å²) in [6, 6.07) is 9.04. The van der Waals surface area contributed by atoms with Gasteiger partial charge in [-0.2, -0.15) is 23.4 Å². The van der Waals surface area contributed by atoms with E-state index in [2.05, 4.69) is 20.4 Å². The zero-order valence-electron chi connectivity index (χ0n) is 17.3. The van der Waals surface area contributed by atoms with Gasteiger partial charge in [-0.3, -0.25) is 9.36 Å². The number of alkyl halides is 3. The fourth-order valence-corrected chi connectivity index (χ4v) is 4.27. The van der Waals surface area contributed by atoms with Crippen molar-refractivity contribution >= 4 is 11.3 Å². The summed E-state index contributed by atoms with van der Waals surface area (Å²) in [6.45, 7) is 6.42. The maximum absolute atomic E-state index is 12.7. The first-order valence-electron chi connectivity index (χ1n) is 9.72. The summed E-state index contributed by atoms with van der Waals surface area (Å²) in [5.41, 5.74) is 2.96. The van der Waals surface area contributed by atoms with Crippen LogP contribution in [0.2, 0.25) is 0 Å². The largest absolute Gasteiger partial charge is 0.416 e. The molecular formula is C21H21F3N6S. The molecule has 0 spiro atoms. The van der Waals surface area contributed by atoms with Crippen LogP contribution in [0.1, 0.15) is 51.2 Å². The van der Waals surface area contributed by atoms with Crippen molar-refractivity contribution < 1.29 is 13.2 Å². The van der Waals surface area contributed by atoms with Crippen molar-refractivity contribution in [1.82, 2.24) is 29.8 Å². The molecule has 0 saturated heterocycles. The minimum atomic E-state index is -4.33.